The van der Waals surface area contributed by atoms with Crippen LogP contribution in [0.2, 0.25) is 0 Å². The number of carbonyl (C=O) groups is 1. The molecule has 4 heteroatoms. The zero-order valence-electron chi connectivity index (χ0n) is 9.89. The molecule has 1 heterocycles. The van der Waals surface area contributed by atoms with E-state index in [1.807, 2.05) is 0 Å². The molecule has 0 spiro atoms. The first kappa shape index (κ1) is 12.1. The zero-order chi connectivity index (χ0) is 12.3. The molecule has 17 heavy (non-hydrogen) atoms. The number of hydrogen-bond acceptors (Lipinski definition) is 4. The van der Waals surface area contributed by atoms with E-state index in [4.69, 9.17) is 15.2 Å². The Morgan fingerprint density at radius 1 is 1.41 bits per heavy atom. The van der Waals surface area contributed by atoms with Gasteiger partial charge in [0.15, 0.2) is 5.78 Å². The van der Waals surface area contributed by atoms with Crippen molar-refractivity contribution >= 4 is 5.78 Å². The smallest absolute Gasteiger partial charge is 0.191 e. The normalized spacial score (nSPS) is 23.6. The molecule has 2 rings (SSSR count). The summed E-state index contributed by atoms with van der Waals surface area (Å²) < 4.78 is 10.6. The third-order valence-electron chi connectivity index (χ3n) is 3.04. The van der Waals surface area contributed by atoms with Crippen LogP contribution in [0.3, 0.4) is 0 Å². The third-order valence-corrected chi connectivity index (χ3v) is 3.04. The Balaban J connectivity index is 2.04. The molecule has 1 saturated heterocycles. The summed E-state index contributed by atoms with van der Waals surface area (Å²) in [5, 5.41) is 0. The van der Waals surface area contributed by atoms with E-state index in [1.165, 1.54) is 0 Å². The first-order chi connectivity index (χ1) is 8.24. The molecule has 0 saturated carbocycles. The first-order valence-corrected chi connectivity index (χ1v) is 5.78. The fraction of sp³-hybridized carbons (Fsp3) is 0.462. The first-order valence-electron chi connectivity index (χ1n) is 5.78. The Morgan fingerprint density at radius 3 is 2.65 bits per heavy atom. The van der Waals surface area contributed by atoms with Crippen molar-refractivity contribution in [1.82, 2.24) is 0 Å². The van der Waals surface area contributed by atoms with Gasteiger partial charge in [0.05, 0.1) is 13.2 Å². The molecule has 1 aliphatic heterocycles. The standard InChI is InChI=1S/C13H17NO3/c1-16-10-4-2-9(3-5-10)13(15)12-7-6-11(8-14)17-12/h2-5,11-12H,6-8,14H2,1H3. The Kier molecular flexibility index (Phi) is 3.76. The fourth-order valence-corrected chi connectivity index (χ4v) is 2.01. The van der Waals surface area contributed by atoms with Crippen molar-refractivity contribution in [3.8, 4) is 5.75 Å². The van der Waals surface area contributed by atoms with Crippen LogP contribution < -0.4 is 10.5 Å². The Hall–Kier alpha value is -1.39. The average Bonchev–Trinajstić information content (AvgIpc) is 2.87. The molecule has 1 aromatic carbocycles. The minimum absolute atomic E-state index is 0.0298. The van der Waals surface area contributed by atoms with Gasteiger partial charge in [-0.3, -0.25) is 4.79 Å². The Morgan fingerprint density at radius 2 is 2.12 bits per heavy atom. The lowest BCUT2D eigenvalue weighted by Crippen LogP contribution is -2.25. The monoisotopic (exact) mass is 235 g/mol. The van der Waals surface area contributed by atoms with Crippen molar-refractivity contribution in [2.45, 2.75) is 25.0 Å². The third kappa shape index (κ3) is 2.65. The molecule has 0 amide bonds. The van der Waals surface area contributed by atoms with Crippen LogP contribution in [0.25, 0.3) is 0 Å². The number of methoxy groups -OCH3 is 1. The van der Waals surface area contributed by atoms with Crippen LogP contribution in [-0.2, 0) is 4.74 Å². The van der Waals surface area contributed by atoms with E-state index in [9.17, 15) is 4.79 Å². The van der Waals surface area contributed by atoms with E-state index in [-0.39, 0.29) is 18.0 Å². The van der Waals surface area contributed by atoms with E-state index in [0.29, 0.717) is 12.1 Å². The zero-order valence-corrected chi connectivity index (χ0v) is 9.89. The summed E-state index contributed by atoms with van der Waals surface area (Å²) >= 11 is 0. The number of hydrogen-bond donors (Lipinski definition) is 1. The number of benzene rings is 1. The predicted octanol–water partition coefficient (Wildman–Crippen LogP) is 1.38. The maximum absolute atomic E-state index is 12.1. The molecule has 0 bridgehead atoms. The van der Waals surface area contributed by atoms with Gasteiger partial charge in [0.25, 0.3) is 0 Å². The largest absolute Gasteiger partial charge is 0.497 e. The van der Waals surface area contributed by atoms with Crippen LogP contribution in [0.15, 0.2) is 24.3 Å². The van der Waals surface area contributed by atoms with Crippen molar-refractivity contribution in [2.75, 3.05) is 13.7 Å². The van der Waals surface area contributed by atoms with Gasteiger partial charge in [-0.2, -0.15) is 0 Å². The number of ether oxygens (including phenoxy) is 2. The van der Waals surface area contributed by atoms with E-state index < -0.39 is 0 Å². The van der Waals surface area contributed by atoms with Crippen LogP contribution in [0.4, 0.5) is 0 Å². The maximum atomic E-state index is 12.1. The second-order valence-electron chi connectivity index (χ2n) is 4.15. The molecular formula is C13H17NO3. The molecule has 0 aromatic heterocycles. The van der Waals surface area contributed by atoms with Gasteiger partial charge in [-0.05, 0) is 37.1 Å². The number of rotatable bonds is 4. The van der Waals surface area contributed by atoms with Crippen molar-refractivity contribution in [3.05, 3.63) is 29.8 Å². The summed E-state index contributed by atoms with van der Waals surface area (Å²) in [6.07, 6.45) is 1.31. The summed E-state index contributed by atoms with van der Waals surface area (Å²) in [7, 11) is 1.60. The quantitative estimate of drug-likeness (QED) is 0.801. The molecule has 0 aliphatic carbocycles. The van der Waals surface area contributed by atoms with Crippen LogP contribution >= 0.6 is 0 Å². The number of nitrogens with two attached hydrogens (primary N) is 1. The van der Waals surface area contributed by atoms with Gasteiger partial charge in [-0.15, -0.1) is 0 Å². The lowest BCUT2D eigenvalue weighted by Gasteiger charge is -2.11. The minimum Gasteiger partial charge on any atom is -0.497 e. The number of Topliss-reactive ketones (excluding diaryl/α,β-unsaturated/α-hetero) is 1. The Bertz CT molecular complexity index is 388. The van der Waals surface area contributed by atoms with E-state index in [2.05, 4.69) is 0 Å². The maximum Gasteiger partial charge on any atom is 0.191 e. The SMILES string of the molecule is COc1ccc(C(=O)C2CCC(CN)O2)cc1. The van der Waals surface area contributed by atoms with Gasteiger partial charge in [-0.25, -0.2) is 0 Å². The van der Waals surface area contributed by atoms with Crippen LogP contribution in [-0.4, -0.2) is 31.6 Å². The summed E-state index contributed by atoms with van der Waals surface area (Å²) in [5.41, 5.74) is 6.18. The Labute approximate surface area is 101 Å². The van der Waals surface area contributed by atoms with E-state index in [1.54, 1.807) is 31.4 Å². The van der Waals surface area contributed by atoms with Crippen LogP contribution in [0, 0.1) is 0 Å². The van der Waals surface area contributed by atoms with Crippen LogP contribution in [0.5, 0.6) is 5.75 Å². The average molecular weight is 235 g/mol. The van der Waals surface area contributed by atoms with Crippen molar-refractivity contribution in [1.29, 1.82) is 0 Å². The lowest BCUT2D eigenvalue weighted by atomic mass is 10.0. The number of ketones is 1. The molecule has 0 radical (unpaired) electrons. The fourth-order valence-electron chi connectivity index (χ4n) is 2.01. The van der Waals surface area contributed by atoms with Gasteiger partial charge < -0.3 is 15.2 Å². The molecule has 2 atom stereocenters. The highest BCUT2D eigenvalue weighted by molar-refractivity contribution is 5.99. The van der Waals surface area contributed by atoms with Gasteiger partial charge in [0.2, 0.25) is 0 Å². The molecule has 1 aromatic rings. The predicted molar refractivity (Wildman–Crippen MR) is 64.3 cm³/mol. The minimum atomic E-state index is -0.336. The second kappa shape index (κ2) is 5.29. The molecule has 2 N–H and O–H groups in total. The highest BCUT2D eigenvalue weighted by Crippen LogP contribution is 2.23. The van der Waals surface area contributed by atoms with E-state index in [0.717, 1.165) is 18.6 Å². The lowest BCUT2D eigenvalue weighted by molar-refractivity contribution is 0.0404. The topological polar surface area (TPSA) is 61.5 Å². The summed E-state index contributed by atoms with van der Waals surface area (Å²) in [4.78, 5) is 12.1. The van der Waals surface area contributed by atoms with Gasteiger partial charge in [0.1, 0.15) is 11.9 Å². The highest BCUT2D eigenvalue weighted by Gasteiger charge is 2.30. The molecular weight excluding hydrogens is 218 g/mol. The highest BCUT2D eigenvalue weighted by atomic mass is 16.5. The second-order valence-corrected chi connectivity index (χ2v) is 4.15. The van der Waals surface area contributed by atoms with Crippen molar-refractivity contribution in [3.63, 3.8) is 0 Å². The van der Waals surface area contributed by atoms with E-state index >= 15 is 0 Å². The number of carbonyl (C=O) groups excluding carboxylic acids is 1. The van der Waals surface area contributed by atoms with Crippen molar-refractivity contribution < 1.29 is 14.3 Å². The summed E-state index contributed by atoms with van der Waals surface area (Å²) in [6.45, 7) is 0.479. The molecule has 2 unspecified atom stereocenters. The van der Waals surface area contributed by atoms with Gasteiger partial charge in [-0.1, -0.05) is 0 Å². The van der Waals surface area contributed by atoms with Gasteiger partial charge in [0, 0.05) is 12.1 Å². The molecule has 92 valence electrons. The summed E-state index contributed by atoms with van der Waals surface area (Å²) in [6, 6.07) is 7.09. The molecule has 1 aliphatic rings. The summed E-state index contributed by atoms with van der Waals surface area (Å²) in [5.74, 6) is 0.775. The van der Waals surface area contributed by atoms with Crippen LogP contribution in [0.1, 0.15) is 23.2 Å². The molecule has 4 nitrogen and oxygen atoms in total. The molecule has 1 fully saturated rings. The van der Waals surface area contributed by atoms with Gasteiger partial charge >= 0.3 is 0 Å². The van der Waals surface area contributed by atoms with Crippen molar-refractivity contribution in [2.24, 2.45) is 5.73 Å².